The van der Waals surface area contributed by atoms with Crippen LogP contribution >= 0.6 is 23.2 Å². The number of hydrogen-bond acceptors (Lipinski definition) is 6. The number of carbonyl (C=O) groups is 2. The highest BCUT2D eigenvalue weighted by Crippen LogP contribution is 2.36. The van der Waals surface area contributed by atoms with Crippen LogP contribution in [0.25, 0.3) is 11.1 Å². The Balaban J connectivity index is 1.43. The predicted octanol–water partition coefficient (Wildman–Crippen LogP) is 5.53. The molecule has 2 fully saturated rings. The number of hydrogen-bond donors (Lipinski definition) is 2. The SMILES string of the molecule is COC(=O)N[C@H]1CC[C@@H](C(=O)Cc2cc(-c3cc(NCC4CCOCC4)ccc3Cl)c(Cl)cn2)C1. The molecule has 7 nitrogen and oxygen atoms in total. The molecule has 4 rings (SSSR count). The molecule has 1 aromatic heterocycles. The Labute approximate surface area is 215 Å². The second-order valence-electron chi connectivity index (χ2n) is 9.27. The summed E-state index contributed by atoms with van der Waals surface area (Å²) in [4.78, 5) is 28.8. The van der Waals surface area contributed by atoms with Crippen molar-refractivity contribution in [3.8, 4) is 11.1 Å². The van der Waals surface area contributed by atoms with Crippen molar-refractivity contribution in [1.82, 2.24) is 10.3 Å². The Kier molecular flexibility index (Phi) is 8.87. The second kappa shape index (κ2) is 12.1. The first-order chi connectivity index (χ1) is 16.9. The number of nitrogens with zero attached hydrogens (tertiary/aromatic N) is 1. The summed E-state index contributed by atoms with van der Waals surface area (Å²) in [6.45, 7) is 2.51. The minimum atomic E-state index is -0.464. The first-order valence-corrected chi connectivity index (χ1v) is 12.8. The Bertz CT molecular complexity index is 1060. The maximum absolute atomic E-state index is 12.9. The average Bonchev–Trinajstić information content (AvgIpc) is 3.34. The Morgan fingerprint density at radius 1 is 1.09 bits per heavy atom. The van der Waals surface area contributed by atoms with E-state index < -0.39 is 6.09 Å². The Morgan fingerprint density at radius 3 is 2.63 bits per heavy atom. The number of alkyl carbamates (subject to hydrolysis) is 1. The third kappa shape index (κ3) is 6.87. The van der Waals surface area contributed by atoms with E-state index in [0.29, 0.717) is 28.1 Å². The fraction of sp³-hybridized carbons (Fsp3) is 0.500. The van der Waals surface area contributed by atoms with Crippen molar-refractivity contribution in [2.24, 2.45) is 11.8 Å². The molecule has 35 heavy (non-hydrogen) atoms. The molecule has 1 aliphatic heterocycles. The van der Waals surface area contributed by atoms with E-state index in [4.69, 9.17) is 27.9 Å². The molecule has 1 aromatic carbocycles. The van der Waals surface area contributed by atoms with Crippen LogP contribution in [0, 0.1) is 11.8 Å². The van der Waals surface area contributed by atoms with Gasteiger partial charge >= 0.3 is 6.09 Å². The number of benzene rings is 1. The number of nitrogens with one attached hydrogen (secondary N) is 2. The van der Waals surface area contributed by atoms with Crippen LogP contribution in [0.5, 0.6) is 0 Å². The minimum absolute atomic E-state index is 0.0414. The Morgan fingerprint density at radius 2 is 1.86 bits per heavy atom. The minimum Gasteiger partial charge on any atom is -0.453 e. The van der Waals surface area contributed by atoms with Crippen molar-refractivity contribution in [3.05, 3.63) is 46.2 Å². The summed E-state index contributed by atoms with van der Waals surface area (Å²) in [6, 6.07) is 7.62. The van der Waals surface area contributed by atoms with E-state index in [1.807, 2.05) is 24.3 Å². The largest absolute Gasteiger partial charge is 0.453 e. The van der Waals surface area contributed by atoms with Crippen LogP contribution in [0.15, 0.2) is 30.5 Å². The molecule has 2 atom stereocenters. The monoisotopic (exact) mass is 519 g/mol. The van der Waals surface area contributed by atoms with E-state index >= 15 is 0 Å². The number of amides is 1. The molecule has 0 spiro atoms. The highest BCUT2D eigenvalue weighted by molar-refractivity contribution is 6.36. The van der Waals surface area contributed by atoms with E-state index in [-0.39, 0.29) is 24.2 Å². The molecule has 1 saturated carbocycles. The van der Waals surface area contributed by atoms with Crippen molar-refractivity contribution in [2.45, 2.75) is 44.6 Å². The maximum Gasteiger partial charge on any atom is 0.407 e. The standard InChI is InChI=1S/C26H31Cl2N3O4/c1-34-26(33)31-19-3-2-17(10-19)25(32)13-20-12-22(24(28)15-30-20)21-11-18(4-5-23(21)27)29-14-16-6-8-35-9-7-16/h4-5,11-12,15-17,19,29H,2-3,6-10,13-14H2,1H3,(H,31,33)/t17-,19+/m1/s1. The van der Waals surface area contributed by atoms with Gasteiger partial charge in [0.05, 0.1) is 12.1 Å². The molecule has 1 saturated heterocycles. The van der Waals surface area contributed by atoms with Crippen LogP contribution in [0.1, 0.15) is 37.8 Å². The molecule has 2 N–H and O–H groups in total. The number of pyridine rings is 1. The average molecular weight is 520 g/mol. The van der Waals surface area contributed by atoms with Crippen LogP contribution in [0.2, 0.25) is 10.0 Å². The number of rotatable bonds is 8. The third-order valence-corrected chi connectivity index (χ3v) is 7.49. The van der Waals surface area contributed by atoms with Crippen LogP contribution in [0.3, 0.4) is 0 Å². The van der Waals surface area contributed by atoms with Gasteiger partial charge in [0.15, 0.2) is 0 Å². The summed E-state index contributed by atoms with van der Waals surface area (Å²) >= 11 is 13.1. The molecule has 188 valence electrons. The lowest BCUT2D eigenvalue weighted by atomic mass is 9.97. The summed E-state index contributed by atoms with van der Waals surface area (Å²) in [6.07, 6.45) is 5.54. The zero-order chi connectivity index (χ0) is 24.8. The van der Waals surface area contributed by atoms with Gasteiger partial charge in [-0.15, -0.1) is 0 Å². The van der Waals surface area contributed by atoms with Crippen LogP contribution < -0.4 is 10.6 Å². The molecule has 1 aliphatic carbocycles. The van der Waals surface area contributed by atoms with E-state index in [0.717, 1.165) is 62.3 Å². The van der Waals surface area contributed by atoms with Crippen LogP contribution in [-0.2, 0) is 20.7 Å². The van der Waals surface area contributed by atoms with Gasteiger partial charge in [-0.25, -0.2) is 4.79 Å². The zero-order valence-electron chi connectivity index (χ0n) is 19.8. The number of carbonyl (C=O) groups excluding carboxylic acids is 2. The zero-order valence-corrected chi connectivity index (χ0v) is 21.3. The molecular formula is C26H31Cl2N3O4. The number of halogens is 2. The molecule has 0 radical (unpaired) electrons. The molecule has 2 aromatic rings. The maximum atomic E-state index is 12.9. The molecular weight excluding hydrogens is 489 g/mol. The van der Waals surface area contributed by atoms with Gasteiger partial charge < -0.3 is 20.1 Å². The van der Waals surface area contributed by atoms with Crippen molar-refractivity contribution in [2.75, 3.05) is 32.2 Å². The quantitative estimate of drug-likeness (QED) is 0.476. The summed E-state index contributed by atoms with van der Waals surface area (Å²) < 4.78 is 10.1. The van der Waals surface area contributed by atoms with Crippen molar-refractivity contribution >= 4 is 40.8 Å². The van der Waals surface area contributed by atoms with Gasteiger partial charge in [-0.3, -0.25) is 9.78 Å². The normalized spacial score (nSPS) is 20.4. The lowest BCUT2D eigenvalue weighted by Crippen LogP contribution is -2.33. The molecule has 9 heteroatoms. The number of Topliss-reactive ketones (excluding diaryl/α,β-unsaturated/α-hetero) is 1. The van der Waals surface area contributed by atoms with E-state index in [1.54, 1.807) is 6.20 Å². The predicted molar refractivity (Wildman–Crippen MR) is 137 cm³/mol. The summed E-state index contributed by atoms with van der Waals surface area (Å²) in [5, 5.41) is 7.36. The van der Waals surface area contributed by atoms with E-state index in [9.17, 15) is 9.59 Å². The molecule has 2 aliphatic rings. The summed E-state index contributed by atoms with van der Waals surface area (Å²) in [5.74, 6) is 0.584. The number of methoxy groups -OCH3 is 1. The van der Waals surface area contributed by atoms with Crippen molar-refractivity contribution in [1.29, 1.82) is 0 Å². The van der Waals surface area contributed by atoms with Crippen LogP contribution in [0.4, 0.5) is 10.5 Å². The van der Waals surface area contributed by atoms with Gasteiger partial charge in [0.1, 0.15) is 5.78 Å². The first kappa shape index (κ1) is 25.7. The topological polar surface area (TPSA) is 89.5 Å². The van der Waals surface area contributed by atoms with E-state index in [1.165, 1.54) is 7.11 Å². The fourth-order valence-corrected chi connectivity index (χ4v) is 5.22. The van der Waals surface area contributed by atoms with Crippen molar-refractivity contribution < 1.29 is 19.1 Å². The summed E-state index contributed by atoms with van der Waals surface area (Å²) in [5.41, 5.74) is 3.17. The Hall–Kier alpha value is -2.35. The highest BCUT2D eigenvalue weighted by atomic mass is 35.5. The smallest absolute Gasteiger partial charge is 0.407 e. The number of ketones is 1. The molecule has 2 heterocycles. The number of aromatic nitrogens is 1. The first-order valence-electron chi connectivity index (χ1n) is 12.1. The molecule has 0 bridgehead atoms. The number of anilines is 1. The van der Waals surface area contributed by atoms with Crippen molar-refractivity contribution in [3.63, 3.8) is 0 Å². The highest BCUT2D eigenvalue weighted by Gasteiger charge is 2.31. The van der Waals surface area contributed by atoms with Gasteiger partial charge in [-0.1, -0.05) is 23.2 Å². The fourth-order valence-electron chi connectivity index (χ4n) is 4.79. The second-order valence-corrected chi connectivity index (χ2v) is 10.1. The van der Waals surface area contributed by atoms with Gasteiger partial charge in [0.2, 0.25) is 0 Å². The van der Waals surface area contributed by atoms with Gasteiger partial charge in [-0.2, -0.15) is 0 Å². The van der Waals surface area contributed by atoms with Gasteiger partial charge in [-0.05, 0) is 62.3 Å². The van der Waals surface area contributed by atoms with Crippen LogP contribution in [-0.4, -0.2) is 49.8 Å². The summed E-state index contributed by atoms with van der Waals surface area (Å²) in [7, 11) is 1.33. The van der Waals surface area contributed by atoms with Gasteiger partial charge in [0.25, 0.3) is 0 Å². The third-order valence-electron chi connectivity index (χ3n) is 6.85. The molecule has 1 amide bonds. The molecule has 0 unspecified atom stereocenters. The number of ether oxygens (including phenoxy) is 2. The van der Waals surface area contributed by atoms with Gasteiger partial charge in [0, 0.05) is 71.9 Å². The lowest BCUT2D eigenvalue weighted by molar-refractivity contribution is -0.122. The lowest BCUT2D eigenvalue weighted by Gasteiger charge is -2.23. The van der Waals surface area contributed by atoms with E-state index in [2.05, 4.69) is 20.4 Å².